The summed E-state index contributed by atoms with van der Waals surface area (Å²) in [6, 6.07) is 6.92. The average Bonchev–Trinajstić information content (AvgIpc) is 3.03. The van der Waals surface area contributed by atoms with Crippen LogP contribution in [0.15, 0.2) is 33.6 Å². The van der Waals surface area contributed by atoms with Gasteiger partial charge in [-0.15, -0.1) is 10.2 Å². The minimum absolute atomic E-state index is 0.0282. The zero-order valence-electron chi connectivity index (χ0n) is 12.1. The third kappa shape index (κ3) is 2.99. The molecule has 2 heterocycles. The van der Waals surface area contributed by atoms with Crippen molar-refractivity contribution in [2.45, 2.75) is 18.7 Å². The molecule has 9 heteroatoms. The summed E-state index contributed by atoms with van der Waals surface area (Å²) in [6.07, 6.45) is 0. The molecule has 0 saturated heterocycles. The van der Waals surface area contributed by atoms with Crippen LogP contribution in [-0.4, -0.2) is 23.6 Å². The number of aromatic amines is 1. The molecule has 0 aliphatic heterocycles. The molecule has 0 bridgehead atoms. The second kappa shape index (κ2) is 5.67. The molecule has 120 valence electrons. The minimum Gasteiger partial charge on any atom is -0.415 e. The molecule has 0 spiro atoms. The lowest BCUT2D eigenvalue weighted by Crippen LogP contribution is -1.93. The van der Waals surface area contributed by atoms with E-state index in [1.54, 1.807) is 38.1 Å². The van der Waals surface area contributed by atoms with Crippen LogP contribution in [0, 0.1) is 13.8 Å². The number of hydrogen-bond donors (Lipinski definition) is 1. The van der Waals surface area contributed by atoms with E-state index in [9.17, 15) is 8.42 Å². The molecular weight excluding hydrogens is 361 g/mol. The van der Waals surface area contributed by atoms with Crippen LogP contribution in [0.4, 0.5) is 0 Å². The van der Waals surface area contributed by atoms with Gasteiger partial charge in [-0.05, 0) is 43.7 Å². The highest BCUT2D eigenvalue weighted by molar-refractivity contribution is 8.13. The van der Waals surface area contributed by atoms with Gasteiger partial charge in [-0.3, -0.25) is 0 Å². The molecule has 0 unspecified atom stereocenters. The van der Waals surface area contributed by atoms with E-state index in [4.69, 9.17) is 26.7 Å². The van der Waals surface area contributed by atoms with Crippen LogP contribution in [0.25, 0.3) is 23.0 Å². The highest BCUT2D eigenvalue weighted by Crippen LogP contribution is 2.33. The Morgan fingerprint density at radius 3 is 2.26 bits per heavy atom. The maximum absolute atomic E-state index is 11.6. The number of benzene rings is 1. The zero-order valence-corrected chi connectivity index (χ0v) is 14.4. The standard InChI is InChI=1S/C14H11Cl2N3O3S/c1-7-11(17-8(2)12(7)23(16,20)21)14-19-18-13(22-14)9-3-5-10(15)6-4-9/h3-6,17H,1-2H3. The molecule has 0 amide bonds. The number of aryl methyl sites for hydroxylation is 1. The Balaban J connectivity index is 2.06. The van der Waals surface area contributed by atoms with Gasteiger partial charge in [0.15, 0.2) is 0 Å². The Kier molecular flexibility index (Phi) is 3.95. The third-order valence-corrected chi connectivity index (χ3v) is 5.16. The van der Waals surface area contributed by atoms with Gasteiger partial charge in [-0.25, -0.2) is 8.42 Å². The van der Waals surface area contributed by atoms with Crippen molar-refractivity contribution >= 4 is 31.3 Å². The van der Waals surface area contributed by atoms with Gasteiger partial charge in [0.2, 0.25) is 5.89 Å². The van der Waals surface area contributed by atoms with Crippen molar-refractivity contribution in [1.29, 1.82) is 0 Å². The number of aromatic nitrogens is 3. The van der Waals surface area contributed by atoms with Crippen molar-refractivity contribution in [3.63, 3.8) is 0 Å². The molecule has 0 atom stereocenters. The third-order valence-electron chi connectivity index (χ3n) is 3.34. The van der Waals surface area contributed by atoms with Crippen molar-refractivity contribution in [3.8, 4) is 23.0 Å². The van der Waals surface area contributed by atoms with Gasteiger partial charge in [0.05, 0.1) is 0 Å². The summed E-state index contributed by atoms with van der Waals surface area (Å²) in [4.78, 5) is 2.96. The molecule has 0 radical (unpaired) electrons. The number of rotatable bonds is 3. The first kappa shape index (κ1) is 16.0. The molecule has 0 fully saturated rings. The van der Waals surface area contributed by atoms with Crippen LogP contribution in [0.1, 0.15) is 11.3 Å². The van der Waals surface area contributed by atoms with Gasteiger partial charge < -0.3 is 9.40 Å². The van der Waals surface area contributed by atoms with Gasteiger partial charge in [0, 0.05) is 27.0 Å². The normalized spacial score (nSPS) is 11.8. The monoisotopic (exact) mass is 371 g/mol. The van der Waals surface area contributed by atoms with E-state index in [0.29, 0.717) is 33.4 Å². The van der Waals surface area contributed by atoms with Gasteiger partial charge in [0.25, 0.3) is 14.9 Å². The van der Waals surface area contributed by atoms with E-state index in [2.05, 4.69) is 15.2 Å². The minimum atomic E-state index is -3.86. The summed E-state index contributed by atoms with van der Waals surface area (Å²) in [7, 11) is 1.59. The first-order valence-electron chi connectivity index (χ1n) is 6.51. The second-order valence-corrected chi connectivity index (χ2v) is 7.88. The lowest BCUT2D eigenvalue weighted by Gasteiger charge is -1.96. The molecule has 1 N–H and O–H groups in total. The molecule has 1 aromatic carbocycles. The van der Waals surface area contributed by atoms with Crippen LogP contribution >= 0.6 is 22.3 Å². The fourth-order valence-electron chi connectivity index (χ4n) is 2.35. The lowest BCUT2D eigenvalue weighted by atomic mass is 10.2. The summed E-state index contributed by atoms with van der Waals surface area (Å²) >= 11 is 5.84. The molecule has 0 saturated carbocycles. The lowest BCUT2D eigenvalue weighted by molar-refractivity contribution is 0.582. The molecule has 23 heavy (non-hydrogen) atoms. The number of H-pyrrole nitrogens is 1. The number of nitrogens with one attached hydrogen (secondary N) is 1. The molecular formula is C14H11Cl2N3O3S. The topological polar surface area (TPSA) is 88.8 Å². The fraction of sp³-hybridized carbons (Fsp3) is 0.143. The van der Waals surface area contributed by atoms with Crippen molar-refractivity contribution in [2.24, 2.45) is 0 Å². The largest absolute Gasteiger partial charge is 0.415 e. The van der Waals surface area contributed by atoms with E-state index in [1.165, 1.54) is 0 Å². The quantitative estimate of drug-likeness (QED) is 0.704. The highest BCUT2D eigenvalue weighted by Gasteiger charge is 2.25. The Morgan fingerprint density at radius 2 is 1.70 bits per heavy atom. The summed E-state index contributed by atoms with van der Waals surface area (Å²) in [5.74, 6) is 0.487. The van der Waals surface area contributed by atoms with E-state index in [0.717, 1.165) is 0 Å². The summed E-state index contributed by atoms with van der Waals surface area (Å²) in [5.41, 5.74) is 1.98. The Hall–Kier alpha value is -1.83. The number of hydrogen-bond acceptors (Lipinski definition) is 5. The molecule has 2 aromatic heterocycles. The van der Waals surface area contributed by atoms with Crippen LogP contribution < -0.4 is 0 Å². The predicted octanol–water partition coefficient (Wildman–Crippen LogP) is 3.93. The second-order valence-electron chi connectivity index (χ2n) is 4.94. The molecule has 3 aromatic rings. The first-order chi connectivity index (χ1) is 10.8. The summed E-state index contributed by atoms with van der Waals surface area (Å²) < 4.78 is 28.9. The average molecular weight is 372 g/mol. The van der Waals surface area contributed by atoms with Crippen LogP contribution in [0.2, 0.25) is 5.02 Å². The van der Waals surface area contributed by atoms with Crippen molar-refractivity contribution in [2.75, 3.05) is 0 Å². The predicted molar refractivity (Wildman–Crippen MR) is 87.0 cm³/mol. The summed E-state index contributed by atoms with van der Waals surface area (Å²) in [5, 5.41) is 8.53. The Labute approximate surface area is 141 Å². The van der Waals surface area contributed by atoms with Crippen LogP contribution in [-0.2, 0) is 9.05 Å². The Morgan fingerprint density at radius 1 is 1.09 bits per heavy atom. The van der Waals surface area contributed by atoms with E-state index in [1.807, 2.05) is 0 Å². The number of nitrogens with zero attached hydrogens (tertiary/aromatic N) is 2. The van der Waals surface area contributed by atoms with Gasteiger partial charge in [-0.1, -0.05) is 11.6 Å². The number of halogens is 2. The van der Waals surface area contributed by atoms with E-state index < -0.39 is 9.05 Å². The van der Waals surface area contributed by atoms with Crippen molar-refractivity contribution in [3.05, 3.63) is 40.5 Å². The van der Waals surface area contributed by atoms with Crippen molar-refractivity contribution < 1.29 is 12.8 Å². The van der Waals surface area contributed by atoms with E-state index in [-0.39, 0.29) is 10.8 Å². The summed E-state index contributed by atoms with van der Waals surface area (Å²) in [6.45, 7) is 3.24. The first-order valence-corrected chi connectivity index (χ1v) is 9.19. The maximum atomic E-state index is 11.6. The van der Waals surface area contributed by atoms with E-state index >= 15 is 0 Å². The van der Waals surface area contributed by atoms with Gasteiger partial charge >= 0.3 is 0 Å². The maximum Gasteiger partial charge on any atom is 0.264 e. The Bertz CT molecular complexity index is 975. The molecule has 0 aliphatic carbocycles. The van der Waals surface area contributed by atoms with Crippen LogP contribution in [0.5, 0.6) is 0 Å². The van der Waals surface area contributed by atoms with Gasteiger partial charge in [-0.2, -0.15) is 0 Å². The molecule has 0 aliphatic rings. The van der Waals surface area contributed by atoms with Gasteiger partial charge in [0.1, 0.15) is 10.6 Å². The molecule has 3 rings (SSSR count). The smallest absolute Gasteiger partial charge is 0.264 e. The highest BCUT2D eigenvalue weighted by atomic mass is 35.7. The fourth-order valence-corrected chi connectivity index (χ4v) is 4.05. The molecule has 6 nitrogen and oxygen atoms in total. The van der Waals surface area contributed by atoms with Crippen molar-refractivity contribution in [1.82, 2.24) is 15.2 Å². The van der Waals surface area contributed by atoms with Crippen LogP contribution in [0.3, 0.4) is 0 Å². The SMILES string of the molecule is Cc1[nH]c(-c2nnc(-c3ccc(Cl)cc3)o2)c(C)c1S(=O)(=O)Cl. The zero-order chi connectivity index (χ0) is 16.8.